The van der Waals surface area contributed by atoms with E-state index in [9.17, 15) is 0 Å². The zero-order valence-corrected chi connectivity index (χ0v) is 23.6. The molecule has 0 saturated heterocycles. The van der Waals surface area contributed by atoms with E-state index in [4.69, 9.17) is 28.4 Å². The third-order valence-corrected chi connectivity index (χ3v) is 6.09. The first-order chi connectivity index (χ1) is 18.9. The second kappa shape index (κ2) is 24.1. The normalized spacial score (nSPS) is 11.2. The Morgan fingerprint density at radius 3 is 1.53 bits per heavy atom. The van der Waals surface area contributed by atoms with E-state index in [0.29, 0.717) is 72.7 Å². The Kier molecular flexibility index (Phi) is 20.5. The number of aryl methyl sites for hydroxylation is 1. The van der Waals surface area contributed by atoms with E-state index in [1.54, 1.807) is 0 Å². The standard InChI is InChI=1S/C32H50O6/c1-2-3-4-5-6-7-9-12-30-15-17-32(18-16-30)38-28-27-36-24-23-34-20-19-33-21-22-35-25-26-37-29-31-13-10-8-11-14-31/h8,10-11,13-18H,2-7,9,12,19-29H2,1H3. The highest BCUT2D eigenvalue weighted by atomic mass is 16.6. The summed E-state index contributed by atoms with van der Waals surface area (Å²) in [6.07, 6.45) is 10.6. The Bertz CT molecular complexity index is 752. The molecule has 0 fully saturated rings. The molecule has 2 rings (SSSR count). The van der Waals surface area contributed by atoms with Crippen LogP contribution >= 0.6 is 0 Å². The van der Waals surface area contributed by atoms with Crippen LogP contribution in [0, 0.1) is 0 Å². The number of hydrogen-bond acceptors (Lipinski definition) is 6. The van der Waals surface area contributed by atoms with Crippen molar-refractivity contribution in [2.45, 2.75) is 64.9 Å². The quantitative estimate of drug-likeness (QED) is 0.127. The van der Waals surface area contributed by atoms with Gasteiger partial charge in [0, 0.05) is 0 Å². The molecule has 2 aromatic rings. The summed E-state index contributed by atoms with van der Waals surface area (Å²) in [5.74, 6) is 0.897. The van der Waals surface area contributed by atoms with Crippen molar-refractivity contribution in [3.63, 3.8) is 0 Å². The monoisotopic (exact) mass is 530 g/mol. The molecule has 38 heavy (non-hydrogen) atoms. The zero-order valence-electron chi connectivity index (χ0n) is 23.6. The van der Waals surface area contributed by atoms with Crippen LogP contribution in [0.3, 0.4) is 0 Å². The number of rotatable bonds is 26. The summed E-state index contributed by atoms with van der Waals surface area (Å²) in [5, 5.41) is 0. The second-order valence-electron chi connectivity index (χ2n) is 9.35. The van der Waals surface area contributed by atoms with Crippen molar-refractivity contribution in [1.29, 1.82) is 0 Å². The van der Waals surface area contributed by atoms with Crippen LogP contribution in [0.2, 0.25) is 0 Å². The Morgan fingerprint density at radius 1 is 0.447 bits per heavy atom. The highest BCUT2D eigenvalue weighted by Gasteiger charge is 1.98. The van der Waals surface area contributed by atoms with Crippen LogP contribution in [0.15, 0.2) is 54.6 Å². The first kappa shape index (κ1) is 32.3. The molecular weight excluding hydrogens is 480 g/mol. The molecule has 0 unspecified atom stereocenters. The zero-order chi connectivity index (χ0) is 26.8. The van der Waals surface area contributed by atoms with Crippen LogP contribution in [0.25, 0.3) is 0 Å². The minimum absolute atomic E-state index is 0.539. The molecule has 0 aliphatic carbocycles. The molecule has 0 saturated carbocycles. The summed E-state index contributed by atoms with van der Waals surface area (Å²) in [7, 11) is 0. The average molecular weight is 531 g/mol. The maximum Gasteiger partial charge on any atom is 0.119 e. The van der Waals surface area contributed by atoms with E-state index in [0.717, 1.165) is 12.2 Å². The minimum Gasteiger partial charge on any atom is -0.491 e. The molecule has 0 N–H and O–H groups in total. The van der Waals surface area contributed by atoms with Gasteiger partial charge in [-0.05, 0) is 36.1 Å². The Balaban J connectivity index is 1.28. The van der Waals surface area contributed by atoms with Gasteiger partial charge in [-0.15, -0.1) is 0 Å². The van der Waals surface area contributed by atoms with Gasteiger partial charge >= 0.3 is 0 Å². The second-order valence-corrected chi connectivity index (χ2v) is 9.35. The van der Waals surface area contributed by atoms with E-state index in [-0.39, 0.29) is 0 Å². The summed E-state index contributed by atoms with van der Waals surface area (Å²) in [5.41, 5.74) is 2.56. The van der Waals surface area contributed by atoms with Crippen LogP contribution in [0.5, 0.6) is 5.75 Å². The average Bonchev–Trinajstić information content (AvgIpc) is 2.95. The Morgan fingerprint density at radius 2 is 0.947 bits per heavy atom. The highest BCUT2D eigenvalue weighted by Crippen LogP contribution is 2.15. The van der Waals surface area contributed by atoms with Gasteiger partial charge in [0.05, 0.1) is 66.1 Å². The maximum absolute atomic E-state index is 5.77. The number of benzene rings is 2. The molecule has 0 bridgehead atoms. The Hall–Kier alpha value is -1.96. The van der Waals surface area contributed by atoms with E-state index in [1.807, 2.05) is 18.2 Å². The van der Waals surface area contributed by atoms with Gasteiger partial charge < -0.3 is 28.4 Å². The Labute approximate surface area is 230 Å². The van der Waals surface area contributed by atoms with Crippen molar-refractivity contribution < 1.29 is 28.4 Å². The van der Waals surface area contributed by atoms with Crippen molar-refractivity contribution in [3.8, 4) is 5.75 Å². The van der Waals surface area contributed by atoms with Gasteiger partial charge in [0.25, 0.3) is 0 Å². The number of unbranched alkanes of at least 4 members (excludes halogenated alkanes) is 6. The van der Waals surface area contributed by atoms with E-state index < -0.39 is 0 Å². The molecule has 0 heterocycles. The molecule has 214 valence electrons. The topological polar surface area (TPSA) is 55.4 Å². The largest absolute Gasteiger partial charge is 0.491 e. The molecule has 0 aliphatic heterocycles. The third-order valence-electron chi connectivity index (χ3n) is 6.09. The van der Waals surface area contributed by atoms with Crippen molar-refractivity contribution in [2.75, 3.05) is 66.1 Å². The smallest absolute Gasteiger partial charge is 0.119 e. The molecule has 0 aliphatic rings. The first-order valence-corrected chi connectivity index (χ1v) is 14.5. The van der Waals surface area contributed by atoms with Crippen molar-refractivity contribution in [3.05, 3.63) is 65.7 Å². The number of hydrogen-bond donors (Lipinski definition) is 0. The van der Waals surface area contributed by atoms with Crippen molar-refractivity contribution in [2.24, 2.45) is 0 Å². The van der Waals surface area contributed by atoms with Crippen LogP contribution in [-0.4, -0.2) is 66.1 Å². The van der Waals surface area contributed by atoms with Crippen molar-refractivity contribution in [1.82, 2.24) is 0 Å². The van der Waals surface area contributed by atoms with E-state index >= 15 is 0 Å². The fourth-order valence-corrected chi connectivity index (χ4v) is 3.90. The lowest BCUT2D eigenvalue weighted by atomic mass is 10.0. The molecule has 6 nitrogen and oxygen atoms in total. The van der Waals surface area contributed by atoms with Gasteiger partial charge in [0.2, 0.25) is 0 Å². The lowest BCUT2D eigenvalue weighted by Gasteiger charge is -2.09. The van der Waals surface area contributed by atoms with Crippen molar-refractivity contribution >= 4 is 0 Å². The maximum atomic E-state index is 5.77. The lowest BCUT2D eigenvalue weighted by molar-refractivity contribution is -0.0139. The first-order valence-electron chi connectivity index (χ1n) is 14.5. The van der Waals surface area contributed by atoms with Gasteiger partial charge in [0.15, 0.2) is 0 Å². The minimum atomic E-state index is 0.539. The summed E-state index contributed by atoms with van der Waals surface area (Å²) in [6, 6.07) is 18.6. The fraction of sp³-hybridized carbons (Fsp3) is 0.625. The summed E-state index contributed by atoms with van der Waals surface area (Å²) < 4.78 is 33.5. The van der Waals surface area contributed by atoms with Crippen LogP contribution < -0.4 is 4.74 Å². The van der Waals surface area contributed by atoms with Crippen LogP contribution in [-0.2, 0) is 36.7 Å². The molecule has 0 radical (unpaired) electrons. The summed E-state index contributed by atoms with van der Waals surface area (Å²) in [6.45, 7) is 8.41. The predicted octanol–water partition coefficient (Wildman–Crippen LogP) is 6.64. The van der Waals surface area contributed by atoms with Gasteiger partial charge in [-0.2, -0.15) is 0 Å². The number of ether oxygens (including phenoxy) is 6. The summed E-state index contributed by atoms with van der Waals surface area (Å²) in [4.78, 5) is 0. The molecule has 0 spiro atoms. The molecule has 0 amide bonds. The van der Waals surface area contributed by atoms with E-state index in [1.165, 1.54) is 56.1 Å². The highest BCUT2D eigenvalue weighted by molar-refractivity contribution is 5.27. The van der Waals surface area contributed by atoms with Gasteiger partial charge in [-0.3, -0.25) is 0 Å². The van der Waals surface area contributed by atoms with Gasteiger partial charge in [-0.1, -0.05) is 87.9 Å². The van der Waals surface area contributed by atoms with Crippen LogP contribution in [0.1, 0.15) is 63.0 Å². The molecular formula is C32H50O6. The predicted molar refractivity (Wildman–Crippen MR) is 153 cm³/mol. The molecule has 0 atom stereocenters. The molecule has 6 heteroatoms. The fourth-order valence-electron chi connectivity index (χ4n) is 3.90. The third kappa shape index (κ3) is 18.3. The van der Waals surface area contributed by atoms with Crippen LogP contribution in [0.4, 0.5) is 0 Å². The van der Waals surface area contributed by atoms with Gasteiger partial charge in [-0.25, -0.2) is 0 Å². The SMILES string of the molecule is CCCCCCCCCc1ccc(OCCOCCOCCOCCOCCOCc2ccccc2)cc1. The van der Waals surface area contributed by atoms with Gasteiger partial charge in [0.1, 0.15) is 12.4 Å². The molecule has 2 aromatic carbocycles. The summed E-state index contributed by atoms with van der Waals surface area (Å²) >= 11 is 0. The van der Waals surface area contributed by atoms with E-state index in [2.05, 4.69) is 43.3 Å². The molecule has 0 aromatic heterocycles. The lowest BCUT2D eigenvalue weighted by Crippen LogP contribution is -2.14.